The molecule has 2 fully saturated rings. The van der Waals surface area contributed by atoms with Crippen LogP contribution in [0.2, 0.25) is 0 Å². The molecule has 3 heteroatoms. The fourth-order valence-corrected chi connectivity index (χ4v) is 4.23. The van der Waals surface area contributed by atoms with Crippen molar-refractivity contribution in [2.45, 2.75) is 69.4 Å². The zero-order valence-electron chi connectivity index (χ0n) is 11.3. The van der Waals surface area contributed by atoms with E-state index in [1.54, 1.807) is 0 Å². The molecule has 17 heavy (non-hydrogen) atoms. The lowest BCUT2D eigenvalue weighted by molar-refractivity contribution is -0.124. The molecule has 0 aromatic carbocycles. The zero-order valence-corrected chi connectivity index (χ0v) is 12.9. The molecule has 0 aromatic heterocycles. The minimum atomic E-state index is -0.0496. The van der Waals surface area contributed by atoms with Crippen LogP contribution in [0.4, 0.5) is 0 Å². The van der Waals surface area contributed by atoms with Crippen LogP contribution in [0, 0.1) is 5.41 Å². The number of rotatable bonds is 4. The third kappa shape index (κ3) is 3.05. The van der Waals surface area contributed by atoms with Gasteiger partial charge in [-0.3, -0.25) is 0 Å². The Kier molecular flexibility index (Phi) is 4.21. The Balaban J connectivity index is 1.70. The van der Waals surface area contributed by atoms with E-state index in [1.807, 2.05) is 0 Å². The van der Waals surface area contributed by atoms with E-state index in [0.717, 1.165) is 6.61 Å². The molecule has 0 N–H and O–H groups in total. The molecule has 1 spiro atoms. The number of ether oxygens (including phenoxy) is 2. The van der Waals surface area contributed by atoms with Crippen LogP contribution in [0.25, 0.3) is 0 Å². The Morgan fingerprint density at radius 1 is 1.18 bits per heavy atom. The molecule has 0 radical (unpaired) electrons. The number of hydrogen-bond donors (Lipinski definition) is 0. The van der Waals surface area contributed by atoms with Gasteiger partial charge in [-0.15, -0.1) is 0 Å². The first-order valence-electron chi connectivity index (χ1n) is 6.84. The largest absolute Gasteiger partial charge is 0.375 e. The summed E-state index contributed by atoms with van der Waals surface area (Å²) in [5.74, 6) is 0. The molecule has 2 aliphatic carbocycles. The Morgan fingerprint density at radius 2 is 1.82 bits per heavy atom. The summed E-state index contributed by atoms with van der Waals surface area (Å²) in [6.07, 6.45) is 7.08. The van der Waals surface area contributed by atoms with Crippen LogP contribution >= 0.6 is 15.9 Å². The van der Waals surface area contributed by atoms with Crippen molar-refractivity contribution in [3.63, 3.8) is 0 Å². The van der Waals surface area contributed by atoms with Gasteiger partial charge >= 0.3 is 0 Å². The van der Waals surface area contributed by atoms with Crippen LogP contribution < -0.4 is 0 Å². The molecule has 100 valence electrons. The molecule has 0 aliphatic heterocycles. The van der Waals surface area contributed by atoms with Crippen LogP contribution in [0.15, 0.2) is 0 Å². The van der Waals surface area contributed by atoms with E-state index in [2.05, 4.69) is 36.7 Å². The predicted molar refractivity (Wildman–Crippen MR) is 73.7 cm³/mol. The summed E-state index contributed by atoms with van der Waals surface area (Å²) in [6.45, 7) is 7.71. The smallest absolute Gasteiger partial charge is 0.0707 e. The molecule has 2 nitrogen and oxygen atoms in total. The van der Waals surface area contributed by atoms with Crippen molar-refractivity contribution >= 4 is 15.9 Å². The van der Waals surface area contributed by atoms with E-state index in [0.29, 0.717) is 23.0 Å². The average Bonchev–Trinajstić information content (AvgIpc) is 2.72. The maximum atomic E-state index is 6.03. The van der Waals surface area contributed by atoms with Gasteiger partial charge in [-0.25, -0.2) is 0 Å². The van der Waals surface area contributed by atoms with Gasteiger partial charge < -0.3 is 9.47 Å². The van der Waals surface area contributed by atoms with Gasteiger partial charge in [-0.1, -0.05) is 28.8 Å². The fourth-order valence-electron chi connectivity index (χ4n) is 3.14. The Labute approximate surface area is 114 Å². The summed E-state index contributed by atoms with van der Waals surface area (Å²) in [7, 11) is 0. The normalized spacial score (nSPS) is 31.8. The van der Waals surface area contributed by atoms with Crippen molar-refractivity contribution in [1.82, 2.24) is 0 Å². The van der Waals surface area contributed by atoms with Gasteiger partial charge in [-0.2, -0.15) is 0 Å². The third-order valence-electron chi connectivity index (χ3n) is 4.16. The Hall–Kier alpha value is 0.400. The minimum absolute atomic E-state index is 0.0496. The van der Waals surface area contributed by atoms with E-state index in [1.165, 1.54) is 32.1 Å². The summed E-state index contributed by atoms with van der Waals surface area (Å²) in [5, 5.41) is 0. The maximum absolute atomic E-state index is 6.03. The van der Waals surface area contributed by atoms with Crippen molar-refractivity contribution < 1.29 is 9.47 Å². The molecule has 2 rings (SSSR count). The van der Waals surface area contributed by atoms with Gasteiger partial charge in [-0.05, 0) is 40.0 Å². The van der Waals surface area contributed by atoms with E-state index in [9.17, 15) is 0 Å². The van der Waals surface area contributed by atoms with Gasteiger partial charge in [0, 0.05) is 10.2 Å². The van der Waals surface area contributed by atoms with Crippen molar-refractivity contribution in [2.75, 3.05) is 13.2 Å². The van der Waals surface area contributed by atoms with Crippen molar-refractivity contribution in [1.29, 1.82) is 0 Å². The molecule has 2 unspecified atom stereocenters. The van der Waals surface area contributed by atoms with Gasteiger partial charge in [0.25, 0.3) is 0 Å². The van der Waals surface area contributed by atoms with E-state index in [4.69, 9.17) is 9.47 Å². The molecule has 2 aliphatic rings. The van der Waals surface area contributed by atoms with Crippen molar-refractivity contribution in [3.8, 4) is 0 Å². The molecular formula is C14H25BrO2. The molecule has 2 saturated carbocycles. The molecule has 0 amide bonds. The lowest BCUT2D eigenvalue weighted by atomic mass is 9.65. The van der Waals surface area contributed by atoms with Crippen LogP contribution in [0.1, 0.15) is 52.9 Å². The fraction of sp³-hybridized carbons (Fsp3) is 1.00. The second-order valence-corrected chi connectivity index (χ2v) is 7.57. The predicted octanol–water partition coefficient (Wildman–Crippen LogP) is 3.91. The van der Waals surface area contributed by atoms with Gasteiger partial charge in [0.15, 0.2) is 0 Å². The van der Waals surface area contributed by atoms with E-state index < -0.39 is 0 Å². The van der Waals surface area contributed by atoms with E-state index >= 15 is 0 Å². The molecule has 0 heterocycles. The molecule has 0 bridgehead atoms. The second-order valence-electron chi connectivity index (χ2n) is 6.46. The highest BCUT2D eigenvalue weighted by Crippen LogP contribution is 2.57. The first-order valence-corrected chi connectivity index (χ1v) is 7.75. The monoisotopic (exact) mass is 304 g/mol. The highest BCUT2D eigenvalue weighted by Gasteiger charge is 2.55. The lowest BCUT2D eigenvalue weighted by Crippen LogP contribution is -2.54. The highest BCUT2D eigenvalue weighted by atomic mass is 79.9. The molecule has 0 saturated heterocycles. The van der Waals surface area contributed by atoms with Gasteiger partial charge in [0.05, 0.1) is 24.9 Å². The SMILES string of the molecule is CC(C)(C)OCCOC1CC(Br)C12CCCC2. The first kappa shape index (κ1) is 13.8. The second kappa shape index (κ2) is 5.18. The van der Waals surface area contributed by atoms with Crippen LogP contribution in [-0.4, -0.2) is 29.7 Å². The molecule has 2 atom stereocenters. The standard InChI is InChI=1S/C14H25BrO2/c1-13(2,3)17-9-8-16-12-10-11(15)14(12)6-4-5-7-14/h11-12H,4-10H2,1-3H3. The van der Waals surface area contributed by atoms with Crippen LogP contribution in [-0.2, 0) is 9.47 Å². The van der Waals surface area contributed by atoms with Gasteiger partial charge in [0.1, 0.15) is 0 Å². The van der Waals surface area contributed by atoms with Crippen LogP contribution in [0.5, 0.6) is 0 Å². The van der Waals surface area contributed by atoms with Crippen molar-refractivity contribution in [2.24, 2.45) is 5.41 Å². The average molecular weight is 305 g/mol. The molecule has 0 aromatic rings. The van der Waals surface area contributed by atoms with E-state index in [-0.39, 0.29) is 5.60 Å². The first-order chi connectivity index (χ1) is 7.94. The summed E-state index contributed by atoms with van der Waals surface area (Å²) in [5.41, 5.74) is 0.410. The lowest BCUT2D eigenvalue weighted by Gasteiger charge is -2.51. The minimum Gasteiger partial charge on any atom is -0.375 e. The molecular weight excluding hydrogens is 280 g/mol. The summed E-state index contributed by atoms with van der Waals surface area (Å²) < 4.78 is 11.7. The Bertz CT molecular complexity index is 253. The summed E-state index contributed by atoms with van der Waals surface area (Å²) >= 11 is 3.81. The highest BCUT2D eigenvalue weighted by molar-refractivity contribution is 9.09. The quantitative estimate of drug-likeness (QED) is 0.579. The Morgan fingerprint density at radius 3 is 2.35 bits per heavy atom. The van der Waals surface area contributed by atoms with Crippen LogP contribution in [0.3, 0.4) is 0 Å². The number of hydrogen-bond acceptors (Lipinski definition) is 2. The topological polar surface area (TPSA) is 18.5 Å². The third-order valence-corrected chi connectivity index (χ3v) is 5.44. The zero-order chi connectivity index (χ0) is 12.5. The van der Waals surface area contributed by atoms with Gasteiger partial charge in [0.2, 0.25) is 0 Å². The van der Waals surface area contributed by atoms with Crippen molar-refractivity contribution in [3.05, 3.63) is 0 Å². The summed E-state index contributed by atoms with van der Waals surface area (Å²) in [6, 6.07) is 0. The summed E-state index contributed by atoms with van der Waals surface area (Å²) in [4.78, 5) is 0.686. The number of halogens is 1. The number of alkyl halides is 1. The maximum Gasteiger partial charge on any atom is 0.0707 e.